The lowest BCUT2D eigenvalue weighted by Gasteiger charge is -2.39. The normalized spacial score (nSPS) is 13.6. The number of hydrogen-bond donors (Lipinski definition) is 0. The van der Waals surface area contributed by atoms with E-state index in [1.165, 1.54) is 21.5 Å². The molecule has 0 N–H and O–H groups in total. The summed E-state index contributed by atoms with van der Waals surface area (Å²) in [4.78, 5) is 0. The Labute approximate surface area is 176 Å². The summed E-state index contributed by atoms with van der Waals surface area (Å²) in [7, 11) is -2.06. The molecule has 0 aliphatic heterocycles. The van der Waals surface area contributed by atoms with Gasteiger partial charge in [0.25, 0.3) is 0 Å². The van der Waals surface area contributed by atoms with Gasteiger partial charge in [-0.05, 0) is 59.3 Å². The molecular formula is C26H23BrP+. The molecule has 0 saturated carbocycles. The first-order chi connectivity index (χ1) is 13.7. The molecule has 0 aliphatic carbocycles. The van der Waals surface area contributed by atoms with Crippen molar-refractivity contribution in [3.8, 4) is 0 Å². The molecule has 0 radical (unpaired) electrons. The second kappa shape index (κ2) is 8.03. The Morgan fingerprint density at radius 3 is 1.11 bits per heavy atom. The van der Waals surface area contributed by atoms with E-state index in [1.54, 1.807) is 0 Å². The molecule has 0 fully saturated rings. The summed E-state index contributed by atoms with van der Waals surface area (Å²) in [5, 5.41) is 4.11. The molecule has 0 unspecified atom stereocenters. The molecule has 0 amide bonds. The van der Waals surface area contributed by atoms with E-state index < -0.39 is 7.26 Å². The summed E-state index contributed by atoms with van der Waals surface area (Å²) in [5.74, 6) is 0. The van der Waals surface area contributed by atoms with Crippen molar-refractivity contribution in [1.82, 2.24) is 0 Å². The van der Waals surface area contributed by atoms with Gasteiger partial charge in [0, 0.05) is 5.56 Å². The summed E-state index contributed by atoms with van der Waals surface area (Å²) < 4.78 is -0.259. The van der Waals surface area contributed by atoms with Crippen LogP contribution in [0, 0.1) is 0 Å². The minimum atomic E-state index is -2.06. The Kier molecular flexibility index (Phi) is 5.49. The van der Waals surface area contributed by atoms with Crippen molar-refractivity contribution in [2.24, 2.45) is 0 Å². The van der Waals surface area contributed by atoms with Crippen LogP contribution < -0.4 is 15.9 Å². The second-order valence-electron chi connectivity index (χ2n) is 7.00. The van der Waals surface area contributed by atoms with Gasteiger partial charge in [0.2, 0.25) is 0 Å². The Balaban J connectivity index is 2.14. The highest BCUT2D eigenvalue weighted by atomic mass is 79.9. The van der Waals surface area contributed by atoms with Crippen molar-refractivity contribution in [2.45, 2.75) is 11.0 Å². The first-order valence-corrected chi connectivity index (χ1v) is 12.1. The van der Waals surface area contributed by atoms with Gasteiger partial charge >= 0.3 is 0 Å². The fourth-order valence-electron chi connectivity index (χ4n) is 4.07. The zero-order valence-corrected chi connectivity index (χ0v) is 18.4. The van der Waals surface area contributed by atoms with Crippen LogP contribution in [0.15, 0.2) is 121 Å². The lowest BCUT2D eigenvalue weighted by Crippen LogP contribution is -2.41. The Morgan fingerprint density at radius 1 is 0.500 bits per heavy atom. The quantitative estimate of drug-likeness (QED) is 0.251. The van der Waals surface area contributed by atoms with Gasteiger partial charge in [-0.2, -0.15) is 0 Å². The number of hydrogen-bond acceptors (Lipinski definition) is 0. The smallest absolute Gasteiger partial charge is 0.0622 e. The molecule has 0 nitrogen and oxygen atoms in total. The molecule has 4 aromatic carbocycles. The lowest BCUT2D eigenvalue weighted by atomic mass is 10.2. The predicted octanol–water partition coefficient (Wildman–Crippen LogP) is 6.25. The van der Waals surface area contributed by atoms with Crippen LogP contribution in [-0.4, -0.2) is 0 Å². The number of benzene rings is 4. The van der Waals surface area contributed by atoms with Gasteiger partial charge in [0.05, 0.1) is 0 Å². The van der Waals surface area contributed by atoms with Crippen molar-refractivity contribution in [3.05, 3.63) is 127 Å². The lowest BCUT2D eigenvalue weighted by molar-refractivity contribution is 1.01. The third kappa shape index (κ3) is 3.13. The second-order valence-corrected chi connectivity index (χ2v) is 13.0. The maximum Gasteiger partial charge on any atom is 0.169 e. The van der Waals surface area contributed by atoms with Gasteiger partial charge in [-0.15, -0.1) is 0 Å². The zero-order chi connectivity index (χ0) is 19.5. The third-order valence-corrected chi connectivity index (χ3v) is 12.2. The minimum Gasteiger partial charge on any atom is -0.0622 e. The molecule has 4 aromatic rings. The first kappa shape index (κ1) is 19.1. The largest absolute Gasteiger partial charge is 0.169 e. The minimum absolute atomic E-state index is 0.259. The van der Waals surface area contributed by atoms with E-state index in [9.17, 15) is 0 Å². The number of halogens is 1. The van der Waals surface area contributed by atoms with Crippen molar-refractivity contribution >= 4 is 39.1 Å². The third-order valence-electron chi connectivity index (χ3n) is 5.36. The summed E-state index contributed by atoms with van der Waals surface area (Å²) in [6, 6.07) is 43.8. The van der Waals surface area contributed by atoms with Crippen LogP contribution in [0.3, 0.4) is 0 Å². The summed E-state index contributed by atoms with van der Waals surface area (Å²) in [6.45, 7) is 2.34. The summed E-state index contributed by atoms with van der Waals surface area (Å²) >= 11 is 4.27. The molecule has 1 atom stereocenters. The summed E-state index contributed by atoms with van der Waals surface area (Å²) in [5.41, 5.74) is 1.29. The van der Waals surface area contributed by atoms with Gasteiger partial charge in [-0.25, -0.2) is 0 Å². The average molecular weight is 446 g/mol. The standard InChI is InChI=1S/C26H23BrP/c1-26(27,22-14-6-2-7-15-22)28(23-16-8-3-9-17-23,24-18-10-4-11-19-24)25-20-12-5-13-21-25/h2-21H,1H3/q+1/t26-/m1/s1. The predicted molar refractivity (Wildman–Crippen MR) is 128 cm³/mol. The SMILES string of the molecule is C[C@](Br)(c1ccccc1)[P+](c1ccccc1)(c1ccccc1)c1ccccc1. The fraction of sp³-hybridized carbons (Fsp3) is 0.0769. The van der Waals surface area contributed by atoms with Crippen LogP contribution in [-0.2, 0) is 4.07 Å². The highest BCUT2D eigenvalue weighted by molar-refractivity contribution is 9.11. The molecule has 0 spiro atoms. The maximum absolute atomic E-state index is 4.27. The zero-order valence-electron chi connectivity index (χ0n) is 15.9. The van der Waals surface area contributed by atoms with Crippen molar-refractivity contribution < 1.29 is 0 Å². The van der Waals surface area contributed by atoms with Gasteiger partial charge in [-0.3, -0.25) is 0 Å². The fourth-order valence-corrected chi connectivity index (χ4v) is 10.9. The molecule has 0 aliphatic rings. The van der Waals surface area contributed by atoms with Gasteiger partial charge in [0.1, 0.15) is 23.2 Å². The van der Waals surface area contributed by atoms with Gasteiger partial charge < -0.3 is 0 Å². The van der Waals surface area contributed by atoms with Gasteiger partial charge in [0.15, 0.2) is 4.07 Å². The highest BCUT2D eigenvalue weighted by Crippen LogP contribution is 2.72. The average Bonchev–Trinajstić information content (AvgIpc) is 2.77. The molecular weight excluding hydrogens is 423 g/mol. The van der Waals surface area contributed by atoms with Crippen LogP contribution in [0.25, 0.3) is 0 Å². The van der Waals surface area contributed by atoms with Crippen LogP contribution in [0.4, 0.5) is 0 Å². The van der Waals surface area contributed by atoms with Crippen molar-refractivity contribution in [1.29, 1.82) is 0 Å². The molecule has 0 saturated heterocycles. The maximum atomic E-state index is 4.27. The number of rotatable bonds is 5. The van der Waals surface area contributed by atoms with Crippen LogP contribution >= 0.6 is 23.2 Å². The summed E-state index contributed by atoms with van der Waals surface area (Å²) in [6.07, 6.45) is 0. The molecule has 28 heavy (non-hydrogen) atoms. The molecule has 0 bridgehead atoms. The molecule has 0 aromatic heterocycles. The van der Waals surface area contributed by atoms with Crippen LogP contribution in [0.1, 0.15) is 12.5 Å². The van der Waals surface area contributed by atoms with Crippen molar-refractivity contribution in [3.63, 3.8) is 0 Å². The Hall–Kier alpha value is -2.21. The van der Waals surface area contributed by atoms with E-state index in [0.717, 1.165) is 0 Å². The molecule has 138 valence electrons. The van der Waals surface area contributed by atoms with E-state index in [-0.39, 0.29) is 4.07 Å². The van der Waals surface area contributed by atoms with E-state index in [4.69, 9.17) is 0 Å². The van der Waals surface area contributed by atoms with Crippen molar-refractivity contribution in [2.75, 3.05) is 0 Å². The van der Waals surface area contributed by atoms with E-state index in [2.05, 4.69) is 144 Å². The molecule has 0 heterocycles. The van der Waals surface area contributed by atoms with E-state index in [0.29, 0.717) is 0 Å². The van der Waals surface area contributed by atoms with Gasteiger partial charge in [-0.1, -0.05) is 84.9 Å². The monoisotopic (exact) mass is 445 g/mol. The van der Waals surface area contributed by atoms with Crippen LogP contribution in [0.2, 0.25) is 0 Å². The Bertz CT molecular complexity index is 916. The Morgan fingerprint density at radius 2 is 0.786 bits per heavy atom. The van der Waals surface area contributed by atoms with E-state index >= 15 is 0 Å². The van der Waals surface area contributed by atoms with E-state index in [1.807, 2.05) is 0 Å². The topological polar surface area (TPSA) is 0 Å². The highest BCUT2D eigenvalue weighted by Gasteiger charge is 2.59. The molecule has 4 rings (SSSR count). The first-order valence-electron chi connectivity index (χ1n) is 9.48. The molecule has 2 heteroatoms. The number of alkyl halides is 1. The van der Waals surface area contributed by atoms with Crippen LogP contribution in [0.5, 0.6) is 0 Å².